The number of thiazole rings is 2. The number of likely N-dealkylation sites (N-methyl/N-ethyl adjacent to an activating group) is 1. The van der Waals surface area contributed by atoms with Crippen molar-refractivity contribution in [2.75, 3.05) is 58.0 Å². The van der Waals surface area contributed by atoms with Gasteiger partial charge in [0.2, 0.25) is 5.91 Å². The Morgan fingerprint density at radius 3 is 2.57 bits per heavy atom. The fourth-order valence-electron chi connectivity index (χ4n) is 7.58. The minimum Gasteiger partial charge on any atom is -0.494 e. The molecule has 6 aromatic rings. The van der Waals surface area contributed by atoms with Crippen LogP contribution in [0.2, 0.25) is 0 Å². The van der Waals surface area contributed by atoms with Gasteiger partial charge in [-0.05, 0) is 88.4 Å². The minimum absolute atomic E-state index is 0.123. The van der Waals surface area contributed by atoms with Gasteiger partial charge in [-0.25, -0.2) is 9.97 Å². The summed E-state index contributed by atoms with van der Waals surface area (Å²) in [5.41, 5.74) is 1.78. The van der Waals surface area contributed by atoms with E-state index in [4.69, 9.17) is 4.74 Å². The fraction of sp³-hybridized carbons (Fsp3) is 0.368. The van der Waals surface area contributed by atoms with Crippen LogP contribution in [0, 0.1) is 11.8 Å². The maximum atomic E-state index is 14.2. The number of aromatic nitrogens is 5. The largest absolute Gasteiger partial charge is 0.494 e. The standard InChI is InChI=1S/C38H41N9O4S2/c1-45-10-5-22(6-11-45)34(48)43-37-41-19-32(52-37)24-14-27(29-17-40-18-31(51-3)28(29)15-24)30-21-46(2)12-8-26(30)35(49)44-38-42-20-33(53-38)47-13-7-23-16-39-9-4-25(23)36(47)50/h4,7,9,13-20,22,26,30,34,48H,5-6,8,10-12,21H2,1-3H3,(H,41,43)(H,42,44,49). The summed E-state index contributed by atoms with van der Waals surface area (Å²) in [5, 5.41) is 22.2. The summed E-state index contributed by atoms with van der Waals surface area (Å²) in [7, 11) is 5.82. The van der Waals surface area contributed by atoms with Crippen LogP contribution in [0.3, 0.4) is 0 Å². The van der Waals surface area contributed by atoms with Crippen LogP contribution >= 0.6 is 22.7 Å². The lowest BCUT2D eigenvalue weighted by Crippen LogP contribution is -2.42. The second kappa shape index (κ2) is 14.9. The van der Waals surface area contributed by atoms with Gasteiger partial charge in [-0.2, -0.15) is 0 Å². The van der Waals surface area contributed by atoms with Crippen LogP contribution in [0.25, 0.3) is 37.0 Å². The van der Waals surface area contributed by atoms with Gasteiger partial charge in [-0.3, -0.25) is 24.1 Å². The SMILES string of the molecule is COc1cncc2c(C3CN(C)CCC3C(=O)Nc3ncc(-n4ccc5cnccc5c4=O)s3)cc(-c3cnc(NC(O)C4CCN(C)CC4)s3)cc12. The summed E-state index contributed by atoms with van der Waals surface area (Å²) < 4.78 is 7.33. The highest BCUT2D eigenvalue weighted by molar-refractivity contribution is 7.19. The Kier molecular flexibility index (Phi) is 9.91. The number of piperidine rings is 2. The molecule has 3 atom stereocenters. The molecule has 0 radical (unpaired) electrons. The molecule has 1 amide bonds. The quantitative estimate of drug-likeness (QED) is 0.166. The number of aliphatic hydroxyl groups excluding tert-OH is 1. The van der Waals surface area contributed by atoms with E-state index in [1.165, 1.54) is 22.7 Å². The number of amides is 1. The van der Waals surface area contributed by atoms with Crippen molar-refractivity contribution >= 4 is 60.4 Å². The van der Waals surface area contributed by atoms with Gasteiger partial charge >= 0.3 is 0 Å². The van der Waals surface area contributed by atoms with Crippen molar-refractivity contribution < 1.29 is 14.6 Å². The number of hydrogen-bond acceptors (Lipinski definition) is 13. The van der Waals surface area contributed by atoms with Gasteiger partial charge < -0.3 is 30.3 Å². The number of carbonyl (C=O) groups excluding carboxylic acids is 1. The lowest BCUT2D eigenvalue weighted by molar-refractivity contribution is -0.121. The predicted octanol–water partition coefficient (Wildman–Crippen LogP) is 5.27. The number of aliphatic hydroxyl groups is 1. The molecule has 15 heteroatoms. The maximum Gasteiger partial charge on any atom is 0.263 e. The molecule has 0 spiro atoms. The van der Waals surface area contributed by atoms with E-state index in [1.807, 2.05) is 18.5 Å². The maximum absolute atomic E-state index is 14.2. The average Bonchev–Trinajstić information content (AvgIpc) is 3.84. The van der Waals surface area contributed by atoms with Crippen molar-refractivity contribution in [1.29, 1.82) is 0 Å². The predicted molar refractivity (Wildman–Crippen MR) is 209 cm³/mol. The first kappa shape index (κ1) is 35.2. The molecule has 3 N–H and O–H groups in total. The molecule has 2 fully saturated rings. The lowest BCUT2D eigenvalue weighted by atomic mass is 9.78. The summed E-state index contributed by atoms with van der Waals surface area (Å²) >= 11 is 2.75. The highest BCUT2D eigenvalue weighted by Crippen LogP contribution is 2.42. The number of fused-ring (bicyclic) bond motifs is 2. The Morgan fingerprint density at radius 1 is 0.925 bits per heavy atom. The first-order valence-corrected chi connectivity index (χ1v) is 19.3. The van der Waals surface area contributed by atoms with Crippen LogP contribution in [-0.4, -0.2) is 98.9 Å². The summed E-state index contributed by atoms with van der Waals surface area (Å²) in [6, 6.07) is 7.79. The number of hydrogen-bond donors (Lipinski definition) is 3. The number of benzene rings is 1. The number of nitrogens with one attached hydrogen (secondary N) is 2. The highest BCUT2D eigenvalue weighted by atomic mass is 32.1. The van der Waals surface area contributed by atoms with E-state index in [9.17, 15) is 14.7 Å². The number of rotatable bonds is 9. The van der Waals surface area contributed by atoms with Crippen molar-refractivity contribution in [1.82, 2.24) is 34.3 Å². The van der Waals surface area contributed by atoms with Crippen LogP contribution in [0.1, 0.15) is 30.7 Å². The lowest BCUT2D eigenvalue weighted by Gasteiger charge is -2.36. The molecule has 0 saturated carbocycles. The number of methoxy groups -OCH3 is 1. The Labute approximate surface area is 314 Å². The first-order valence-electron chi connectivity index (χ1n) is 17.7. The molecule has 2 aliphatic heterocycles. The van der Waals surface area contributed by atoms with Crippen LogP contribution in [0.15, 0.2) is 72.4 Å². The molecule has 2 saturated heterocycles. The molecule has 7 heterocycles. The third-order valence-corrected chi connectivity index (χ3v) is 12.5. The number of anilines is 2. The van der Waals surface area contributed by atoms with Gasteiger partial charge in [0.25, 0.3) is 5.56 Å². The minimum atomic E-state index is -0.668. The molecule has 53 heavy (non-hydrogen) atoms. The van der Waals surface area contributed by atoms with E-state index in [0.717, 1.165) is 64.6 Å². The molecule has 13 nitrogen and oxygen atoms in total. The third kappa shape index (κ3) is 7.14. The van der Waals surface area contributed by atoms with Crippen LogP contribution < -0.4 is 20.9 Å². The monoisotopic (exact) mass is 751 g/mol. The van der Waals surface area contributed by atoms with Gasteiger partial charge in [-0.15, -0.1) is 0 Å². The van der Waals surface area contributed by atoms with Crippen molar-refractivity contribution in [3.63, 3.8) is 0 Å². The van der Waals surface area contributed by atoms with E-state index in [1.54, 1.807) is 48.7 Å². The highest BCUT2D eigenvalue weighted by Gasteiger charge is 2.36. The molecular weight excluding hydrogens is 711 g/mol. The van der Waals surface area contributed by atoms with Gasteiger partial charge in [-0.1, -0.05) is 22.7 Å². The zero-order chi connectivity index (χ0) is 36.6. The number of ether oxygens (including phenoxy) is 1. The summed E-state index contributed by atoms with van der Waals surface area (Å²) in [6.07, 6.45) is 13.8. The summed E-state index contributed by atoms with van der Waals surface area (Å²) in [5.74, 6) is 0.166. The van der Waals surface area contributed by atoms with Gasteiger partial charge in [0.15, 0.2) is 10.3 Å². The normalized spacial score (nSPS) is 19.4. The van der Waals surface area contributed by atoms with Crippen molar-refractivity contribution in [3.05, 3.63) is 83.6 Å². The number of carbonyl (C=O) groups is 1. The van der Waals surface area contributed by atoms with Gasteiger partial charge in [0.1, 0.15) is 17.0 Å². The van der Waals surface area contributed by atoms with Crippen molar-refractivity contribution in [2.45, 2.75) is 31.4 Å². The molecule has 0 bridgehead atoms. The van der Waals surface area contributed by atoms with Crippen LogP contribution in [-0.2, 0) is 4.79 Å². The molecule has 5 aromatic heterocycles. The summed E-state index contributed by atoms with van der Waals surface area (Å²) in [6.45, 7) is 3.36. The topological polar surface area (TPSA) is 151 Å². The second-order valence-corrected chi connectivity index (χ2v) is 16.0. The zero-order valence-electron chi connectivity index (χ0n) is 29.7. The van der Waals surface area contributed by atoms with E-state index in [0.29, 0.717) is 39.4 Å². The molecule has 3 unspecified atom stereocenters. The Balaban J connectivity index is 1.09. The van der Waals surface area contributed by atoms with Crippen LogP contribution in [0.5, 0.6) is 5.75 Å². The Morgan fingerprint density at radius 2 is 1.74 bits per heavy atom. The number of likely N-dealkylation sites (tertiary alicyclic amines) is 2. The van der Waals surface area contributed by atoms with E-state index in [2.05, 4.69) is 66.6 Å². The van der Waals surface area contributed by atoms with Gasteiger partial charge in [0.05, 0.1) is 29.8 Å². The number of nitrogens with zero attached hydrogens (tertiary/aromatic N) is 7. The second-order valence-electron chi connectivity index (χ2n) is 14.0. The zero-order valence-corrected chi connectivity index (χ0v) is 31.4. The smallest absolute Gasteiger partial charge is 0.263 e. The van der Waals surface area contributed by atoms with Crippen molar-refractivity contribution in [2.24, 2.45) is 11.8 Å². The Hall–Kier alpha value is -4.80. The number of pyridine rings is 3. The van der Waals surface area contributed by atoms with E-state index in [-0.39, 0.29) is 29.2 Å². The molecule has 2 aliphatic rings. The molecule has 1 aromatic carbocycles. The summed E-state index contributed by atoms with van der Waals surface area (Å²) in [4.78, 5) is 50.7. The van der Waals surface area contributed by atoms with Crippen molar-refractivity contribution in [3.8, 4) is 21.2 Å². The van der Waals surface area contributed by atoms with Gasteiger partial charge in [0, 0.05) is 71.4 Å². The molecular formula is C38H41N9O4S2. The fourth-order valence-corrected chi connectivity index (χ4v) is 9.22. The average molecular weight is 752 g/mol. The third-order valence-electron chi connectivity index (χ3n) is 10.6. The van der Waals surface area contributed by atoms with E-state index >= 15 is 0 Å². The molecule has 274 valence electrons. The Bertz CT molecular complexity index is 2330. The van der Waals surface area contributed by atoms with Crippen LogP contribution in [0.4, 0.5) is 10.3 Å². The van der Waals surface area contributed by atoms with E-state index < -0.39 is 6.23 Å². The molecule has 0 aliphatic carbocycles. The first-order chi connectivity index (χ1) is 25.7. The molecule has 8 rings (SSSR count).